The van der Waals surface area contributed by atoms with Crippen LogP contribution in [0.2, 0.25) is 0 Å². The Bertz CT molecular complexity index is 1100. The van der Waals surface area contributed by atoms with Gasteiger partial charge in [0.25, 0.3) is 0 Å². The summed E-state index contributed by atoms with van der Waals surface area (Å²) in [5.41, 5.74) is 27.5. The molecule has 2 aromatic carbocycles. The summed E-state index contributed by atoms with van der Waals surface area (Å²) in [5, 5.41) is 25.6. The number of nitrogens with two attached hydrogens (primary N) is 4. The topological polar surface area (TPSA) is 268 Å². The van der Waals surface area contributed by atoms with E-state index in [9.17, 15) is 10.2 Å². The van der Waals surface area contributed by atoms with Crippen LogP contribution in [0.4, 0.5) is 11.4 Å². The fourth-order valence-corrected chi connectivity index (χ4v) is 3.03. The van der Waals surface area contributed by atoms with Crippen molar-refractivity contribution in [3.05, 3.63) is 58.7 Å². The number of guanidine groups is 2. The van der Waals surface area contributed by atoms with Gasteiger partial charge in [-0.2, -0.15) is 8.42 Å². The highest BCUT2D eigenvalue weighted by molar-refractivity contribution is 7.79. The van der Waals surface area contributed by atoms with Gasteiger partial charge < -0.3 is 43.8 Å². The van der Waals surface area contributed by atoms with E-state index in [2.05, 4.69) is 32.8 Å². The van der Waals surface area contributed by atoms with E-state index in [0.717, 1.165) is 22.5 Å². The number of aliphatic hydroxyl groups is 2. The van der Waals surface area contributed by atoms with Crippen LogP contribution in [0, 0.1) is 27.7 Å². The number of nitrogens with zero attached hydrogens (tertiary/aromatic N) is 2. The maximum atomic E-state index is 9.62. The fraction of sp³-hybridized carbons (Fsp3) is 0.417. The molecule has 0 aliphatic rings. The van der Waals surface area contributed by atoms with Crippen molar-refractivity contribution in [3.8, 4) is 0 Å². The molecule has 0 heterocycles. The summed E-state index contributed by atoms with van der Waals surface area (Å²) in [4.78, 5) is 7.51. The highest BCUT2D eigenvalue weighted by Gasteiger charge is 2.05. The third kappa shape index (κ3) is 20.1. The quantitative estimate of drug-likeness (QED) is 0.103. The van der Waals surface area contributed by atoms with Gasteiger partial charge in [0.1, 0.15) is 0 Å². The third-order valence-corrected chi connectivity index (χ3v) is 4.79. The van der Waals surface area contributed by atoms with Gasteiger partial charge in [-0.25, -0.2) is 0 Å². The zero-order chi connectivity index (χ0) is 30.2. The van der Waals surface area contributed by atoms with Gasteiger partial charge >= 0.3 is 10.4 Å². The molecular formula is C24H42N8O6S. The van der Waals surface area contributed by atoms with E-state index in [1.165, 1.54) is 11.1 Å². The van der Waals surface area contributed by atoms with Gasteiger partial charge in [0, 0.05) is 24.5 Å². The molecule has 14 nitrogen and oxygen atoms in total. The molecule has 14 N–H and O–H groups in total. The Labute approximate surface area is 229 Å². The minimum absolute atomic E-state index is 0.00411. The van der Waals surface area contributed by atoms with Crippen molar-refractivity contribution in [1.29, 1.82) is 0 Å². The maximum absolute atomic E-state index is 9.62. The first-order valence-electron chi connectivity index (χ1n) is 11.8. The average molecular weight is 571 g/mol. The predicted octanol–water partition coefficient (Wildman–Crippen LogP) is 0.0465. The molecule has 2 rings (SSSR count). The van der Waals surface area contributed by atoms with Gasteiger partial charge in [-0.1, -0.05) is 35.4 Å². The van der Waals surface area contributed by atoms with Crippen LogP contribution in [-0.2, 0) is 10.4 Å². The van der Waals surface area contributed by atoms with Crippen molar-refractivity contribution in [3.63, 3.8) is 0 Å². The lowest BCUT2D eigenvalue weighted by Gasteiger charge is -2.13. The molecule has 0 spiro atoms. The molecule has 0 aromatic heterocycles. The summed E-state index contributed by atoms with van der Waals surface area (Å²) in [7, 11) is -4.67. The van der Waals surface area contributed by atoms with Crippen LogP contribution < -0.4 is 33.6 Å². The van der Waals surface area contributed by atoms with Gasteiger partial charge in [-0.15, -0.1) is 0 Å². The monoisotopic (exact) mass is 570 g/mol. The smallest absolute Gasteiger partial charge is 0.389 e. The van der Waals surface area contributed by atoms with Gasteiger partial charge in [-0.3, -0.25) is 19.1 Å². The van der Waals surface area contributed by atoms with Crippen molar-refractivity contribution in [2.75, 3.05) is 36.8 Å². The molecule has 0 radical (unpaired) electrons. The molecule has 15 heteroatoms. The summed E-state index contributed by atoms with van der Waals surface area (Å²) in [6.07, 6.45) is -1.20. The van der Waals surface area contributed by atoms with E-state index >= 15 is 0 Å². The summed E-state index contributed by atoms with van der Waals surface area (Å²) in [6.45, 7) is 9.39. The normalized spacial score (nSPS) is 11.9. The van der Waals surface area contributed by atoms with E-state index in [0.29, 0.717) is 13.1 Å². The molecular weight excluding hydrogens is 528 g/mol. The second-order valence-corrected chi connectivity index (χ2v) is 9.58. The largest absolute Gasteiger partial charge is 0.394 e. The third-order valence-electron chi connectivity index (χ3n) is 4.79. The molecule has 2 unspecified atom stereocenters. The molecule has 0 saturated carbocycles. The number of aliphatic imine (C=N–C) groups is 2. The lowest BCUT2D eigenvalue weighted by atomic mass is 10.1. The predicted molar refractivity (Wildman–Crippen MR) is 156 cm³/mol. The average Bonchev–Trinajstić information content (AvgIpc) is 2.79. The molecule has 39 heavy (non-hydrogen) atoms. The summed E-state index contributed by atoms with van der Waals surface area (Å²) in [6, 6.07) is 12.2. The lowest BCUT2D eigenvalue weighted by Crippen LogP contribution is -2.28. The van der Waals surface area contributed by atoms with Crippen LogP contribution in [0.3, 0.4) is 0 Å². The Morgan fingerprint density at radius 2 is 1.05 bits per heavy atom. The Morgan fingerprint density at radius 1 is 0.744 bits per heavy atom. The van der Waals surface area contributed by atoms with E-state index in [-0.39, 0.29) is 25.0 Å². The van der Waals surface area contributed by atoms with Crippen LogP contribution in [0.15, 0.2) is 46.4 Å². The number of rotatable bonds is 10. The molecule has 0 fully saturated rings. The van der Waals surface area contributed by atoms with E-state index in [1.54, 1.807) is 0 Å². The lowest BCUT2D eigenvalue weighted by molar-refractivity contribution is 0.196. The molecule has 220 valence electrons. The molecule has 0 aliphatic heterocycles. The fourth-order valence-electron chi connectivity index (χ4n) is 3.03. The van der Waals surface area contributed by atoms with Crippen molar-refractivity contribution < 1.29 is 27.7 Å². The Hall–Kier alpha value is -3.63. The zero-order valence-corrected chi connectivity index (χ0v) is 23.5. The summed E-state index contributed by atoms with van der Waals surface area (Å²) >= 11 is 0. The number of benzene rings is 2. The SMILES string of the molecule is Cc1ccc(NCC(O)CN=C(N)N)c(C)c1.Cc1ccc(NCC(O)CN=C(N)N)c(C)c1.O=S(=O)(O)O. The molecule has 2 aromatic rings. The number of anilines is 2. The highest BCUT2D eigenvalue weighted by atomic mass is 32.3. The van der Waals surface area contributed by atoms with Gasteiger partial charge in [0.05, 0.1) is 25.3 Å². The van der Waals surface area contributed by atoms with Crippen LogP contribution in [-0.4, -0.2) is 78.0 Å². The van der Waals surface area contributed by atoms with Gasteiger partial charge in [-0.05, 0) is 51.0 Å². The van der Waals surface area contributed by atoms with Crippen LogP contribution >= 0.6 is 0 Å². The van der Waals surface area contributed by atoms with Crippen LogP contribution in [0.5, 0.6) is 0 Å². The molecule has 0 amide bonds. The van der Waals surface area contributed by atoms with Crippen molar-refractivity contribution >= 4 is 33.7 Å². The standard InChI is InChI=1S/2C12H20N4O.H2O4S/c2*1-8-3-4-11(9(2)5-8)15-6-10(17)7-16-12(13)14;1-5(2,3)4/h2*3-5,10,15,17H,6-7H2,1-2H3,(H4,13,14,16);(H2,1,2,3,4). The number of aliphatic hydroxyl groups excluding tert-OH is 2. The van der Waals surface area contributed by atoms with Crippen LogP contribution in [0.25, 0.3) is 0 Å². The number of hydrogen-bond donors (Lipinski definition) is 10. The second kappa shape index (κ2) is 17.8. The highest BCUT2D eigenvalue weighted by Crippen LogP contribution is 2.16. The number of aryl methyl sites for hydroxylation is 4. The van der Waals surface area contributed by atoms with Crippen molar-refractivity contribution in [2.24, 2.45) is 32.9 Å². The van der Waals surface area contributed by atoms with E-state index in [1.807, 2.05) is 52.0 Å². The summed E-state index contributed by atoms with van der Waals surface area (Å²) in [5.74, 6) is -0.00821. The second-order valence-electron chi connectivity index (χ2n) is 8.69. The minimum Gasteiger partial charge on any atom is -0.389 e. The first-order chi connectivity index (χ1) is 18.0. The van der Waals surface area contributed by atoms with Crippen LogP contribution in [0.1, 0.15) is 22.3 Å². The molecule has 0 aliphatic carbocycles. The van der Waals surface area contributed by atoms with Crippen molar-refractivity contribution in [1.82, 2.24) is 0 Å². The first-order valence-corrected chi connectivity index (χ1v) is 13.2. The van der Waals surface area contributed by atoms with E-state index in [4.69, 9.17) is 40.5 Å². The molecule has 2 atom stereocenters. The Kier molecular flexibility index (Phi) is 16.1. The number of nitrogens with one attached hydrogen (secondary N) is 2. The van der Waals surface area contributed by atoms with E-state index < -0.39 is 22.6 Å². The minimum atomic E-state index is -4.67. The van der Waals surface area contributed by atoms with Gasteiger partial charge in [0.2, 0.25) is 0 Å². The number of hydrogen-bond acceptors (Lipinski definition) is 8. The molecule has 0 bridgehead atoms. The Morgan fingerprint density at radius 3 is 1.31 bits per heavy atom. The first kappa shape index (κ1) is 35.4. The van der Waals surface area contributed by atoms with Gasteiger partial charge in [0.15, 0.2) is 11.9 Å². The summed E-state index contributed by atoms with van der Waals surface area (Å²) < 4.78 is 31.6. The Balaban J connectivity index is 0.000000632. The zero-order valence-electron chi connectivity index (χ0n) is 22.7. The molecule has 0 saturated heterocycles. The maximum Gasteiger partial charge on any atom is 0.394 e. The van der Waals surface area contributed by atoms with Crippen molar-refractivity contribution in [2.45, 2.75) is 39.9 Å².